The van der Waals surface area contributed by atoms with E-state index in [1.165, 1.54) is 5.56 Å². The Kier molecular flexibility index (Phi) is 6.38. The minimum atomic E-state index is -2.63. The zero-order chi connectivity index (χ0) is 21.9. The van der Waals surface area contributed by atoms with Crippen LogP contribution < -0.4 is 10.2 Å². The summed E-state index contributed by atoms with van der Waals surface area (Å²) in [4.78, 5) is 23.5. The fourth-order valence-corrected chi connectivity index (χ4v) is 3.77. The number of nitrogens with one attached hydrogen (secondary N) is 1. The summed E-state index contributed by atoms with van der Waals surface area (Å²) in [6.45, 7) is 6.44. The average molecular weight is 417 g/mol. The zero-order valence-corrected chi connectivity index (χ0v) is 18.0. The highest BCUT2D eigenvalue weighted by atomic mass is 19.3. The number of hydrogen-bond donors (Lipinski definition) is 1. The van der Waals surface area contributed by atoms with E-state index in [1.54, 1.807) is 18.6 Å². The summed E-state index contributed by atoms with van der Waals surface area (Å²) in [6, 6.07) is 7.12. The van der Waals surface area contributed by atoms with Gasteiger partial charge in [-0.1, -0.05) is 32.9 Å². The van der Waals surface area contributed by atoms with E-state index < -0.39 is 12.0 Å². The van der Waals surface area contributed by atoms with Crippen molar-refractivity contribution in [3.8, 4) is 0 Å². The van der Waals surface area contributed by atoms with Crippen LogP contribution >= 0.6 is 0 Å². The Balaban J connectivity index is 1.81. The molecule has 0 radical (unpaired) electrons. The summed E-state index contributed by atoms with van der Waals surface area (Å²) in [5.74, 6) is -2.88. The van der Waals surface area contributed by atoms with E-state index in [2.05, 4.69) is 48.2 Å². The molecule has 1 amide bonds. The second kappa shape index (κ2) is 8.66. The lowest BCUT2D eigenvalue weighted by Crippen LogP contribution is -2.46. The third-order valence-electron chi connectivity index (χ3n) is 5.70. The highest BCUT2D eigenvalue weighted by molar-refractivity contribution is 5.86. The number of hydrogen-bond acceptors (Lipinski definition) is 4. The molecule has 1 unspecified atom stereocenters. The summed E-state index contributed by atoms with van der Waals surface area (Å²) in [5, 5.41) is 2.96. The molecule has 0 spiro atoms. The number of halogens is 2. The molecule has 1 aliphatic carbocycles. The first kappa shape index (κ1) is 22.1. The van der Waals surface area contributed by atoms with Gasteiger partial charge in [-0.2, -0.15) is 0 Å². The van der Waals surface area contributed by atoms with Crippen LogP contribution in [-0.4, -0.2) is 34.9 Å². The number of aromatic nitrogens is 2. The molecule has 30 heavy (non-hydrogen) atoms. The lowest BCUT2D eigenvalue weighted by atomic mass is 9.87. The van der Waals surface area contributed by atoms with E-state index in [0.29, 0.717) is 5.69 Å². The van der Waals surface area contributed by atoms with E-state index in [1.807, 2.05) is 24.1 Å². The van der Waals surface area contributed by atoms with Crippen molar-refractivity contribution in [1.29, 1.82) is 0 Å². The summed E-state index contributed by atoms with van der Waals surface area (Å²) >= 11 is 0. The molecular weight excluding hydrogens is 386 g/mol. The molecule has 1 saturated carbocycles. The number of amides is 1. The van der Waals surface area contributed by atoms with Crippen molar-refractivity contribution in [3.63, 3.8) is 0 Å². The molecule has 5 nitrogen and oxygen atoms in total. The van der Waals surface area contributed by atoms with Crippen LogP contribution in [0.15, 0.2) is 42.9 Å². The van der Waals surface area contributed by atoms with Gasteiger partial charge in [0.1, 0.15) is 0 Å². The van der Waals surface area contributed by atoms with Gasteiger partial charge in [-0.15, -0.1) is 0 Å². The maximum Gasteiger partial charge on any atom is 0.249 e. The average Bonchev–Trinajstić information content (AvgIpc) is 2.70. The zero-order valence-electron chi connectivity index (χ0n) is 18.0. The molecule has 0 saturated heterocycles. The predicted molar refractivity (Wildman–Crippen MR) is 114 cm³/mol. The quantitative estimate of drug-likeness (QED) is 0.771. The fourth-order valence-electron chi connectivity index (χ4n) is 3.77. The van der Waals surface area contributed by atoms with Crippen LogP contribution in [0.2, 0.25) is 0 Å². The Morgan fingerprint density at radius 3 is 2.33 bits per heavy atom. The van der Waals surface area contributed by atoms with Crippen molar-refractivity contribution in [2.45, 2.75) is 69.9 Å². The predicted octanol–water partition coefficient (Wildman–Crippen LogP) is 4.65. The number of anilines is 1. The van der Waals surface area contributed by atoms with E-state index >= 15 is 0 Å². The van der Waals surface area contributed by atoms with Gasteiger partial charge < -0.3 is 10.2 Å². The van der Waals surface area contributed by atoms with Crippen molar-refractivity contribution in [2.75, 3.05) is 11.9 Å². The summed E-state index contributed by atoms with van der Waals surface area (Å²) in [6.07, 6.45) is 4.83. The topological polar surface area (TPSA) is 58.1 Å². The number of nitrogens with zero attached hydrogens (tertiary/aromatic N) is 3. The third-order valence-corrected chi connectivity index (χ3v) is 5.70. The number of benzene rings is 1. The van der Waals surface area contributed by atoms with Gasteiger partial charge in [0.15, 0.2) is 6.04 Å². The molecule has 0 aliphatic heterocycles. The molecule has 1 heterocycles. The highest BCUT2D eigenvalue weighted by Gasteiger charge is 2.37. The first-order valence-electron chi connectivity index (χ1n) is 10.3. The minimum Gasteiger partial charge on any atom is -0.358 e. The van der Waals surface area contributed by atoms with E-state index in [9.17, 15) is 13.6 Å². The number of carbonyl (C=O) groups is 1. The molecule has 1 N–H and O–H groups in total. The smallest absolute Gasteiger partial charge is 0.249 e. The van der Waals surface area contributed by atoms with E-state index in [4.69, 9.17) is 0 Å². The summed E-state index contributed by atoms with van der Waals surface area (Å²) in [7, 11) is 1.83. The monoisotopic (exact) mass is 416 g/mol. The first-order chi connectivity index (χ1) is 14.1. The van der Waals surface area contributed by atoms with Gasteiger partial charge in [-0.3, -0.25) is 14.8 Å². The van der Waals surface area contributed by atoms with Crippen LogP contribution in [0.1, 0.15) is 63.8 Å². The van der Waals surface area contributed by atoms with E-state index in [-0.39, 0.29) is 43.0 Å². The Hall–Kier alpha value is -2.57. The van der Waals surface area contributed by atoms with Crippen LogP contribution in [0.3, 0.4) is 0 Å². The van der Waals surface area contributed by atoms with Gasteiger partial charge >= 0.3 is 0 Å². The first-order valence-corrected chi connectivity index (χ1v) is 10.3. The number of rotatable bonds is 5. The lowest BCUT2D eigenvalue weighted by Gasteiger charge is -2.33. The Morgan fingerprint density at radius 1 is 1.17 bits per heavy atom. The largest absolute Gasteiger partial charge is 0.358 e. The number of carbonyl (C=O) groups excluding carboxylic acids is 1. The van der Waals surface area contributed by atoms with Crippen molar-refractivity contribution in [1.82, 2.24) is 15.3 Å². The summed E-state index contributed by atoms with van der Waals surface area (Å²) in [5.41, 5.74) is 2.60. The SMILES string of the molecule is CN(c1ccc(C(C)(C)C)cc1)C(C(=O)NC1CCC(F)(F)CC1)c1cnccn1. The van der Waals surface area contributed by atoms with Crippen LogP contribution in [-0.2, 0) is 10.2 Å². The van der Waals surface area contributed by atoms with Gasteiger partial charge in [-0.05, 0) is 36.0 Å². The Labute approximate surface area is 176 Å². The maximum absolute atomic E-state index is 13.5. The molecule has 1 fully saturated rings. The minimum absolute atomic E-state index is 0.0296. The van der Waals surface area contributed by atoms with Gasteiger partial charge in [-0.25, -0.2) is 8.78 Å². The van der Waals surface area contributed by atoms with Gasteiger partial charge in [0.2, 0.25) is 11.8 Å². The van der Waals surface area contributed by atoms with Crippen LogP contribution in [0, 0.1) is 0 Å². The Morgan fingerprint density at radius 2 is 1.80 bits per heavy atom. The molecule has 7 heteroatoms. The van der Waals surface area contributed by atoms with Crippen molar-refractivity contribution in [2.24, 2.45) is 0 Å². The number of alkyl halides is 2. The van der Waals surface area contributed by atoms with Crippen molar-refractivity contribution in [3.05, 3.63) is 54.1 Å². The molecule has 1 aliphatic rings. The molecule has 1 aromatic heterocycles. The van der Waals surface area contributed by atoms with Gasteiger partial charge in [0, 0.05) is 44.0 Å². The second-order valence-corrected chi connectivity index (χ2v) is 9.08. The normalized spacial score (nSPS) is 17.9. The Bertz CT molecular complexity index is 840. The van der Waals surface area contributed by atoms with E-state index in [0.717, 1.165) is 5.69 Å². The third kappa shape index (κ3) is 5.32. The van der Waals surface area contributed by atoms with Crippen LogP contribution in [0.25, 0.3) is 0 Å². The molecule has 1 atom stereocenters. The van der Waals surface area contributed by atoms with Gasteiger partial charge in [0.25, 0.3) is 0 Å². The van der Waals surface area contributed by atoms with Crippen molar-refractivity contribution >= 4 is 11.6 Å². The highest BCUT2D eigenvalue weighted by Crippen LogP contribution is 2.34. The fraction of sp³-hybridized carbons (Fsp3) is 0.522. The molecule has 3 rings (SSSR count). The maximum atomic E-state index is 13.5. The second-order valence-electron chi connectivity index (χ2n) is 9.08. The number of likely N-dealkylation sites (N-methyl/N-ethyl adjacent to an activating group) is 1. The standard InChI is InChI=1S/C23H30F2N4O/c1-22(2,3)16-5-7-18(8-6-16)29(4)20(19-15-26-13-14-27-19)21(30)28-17-9-11-23(24,25)12-10-17/h5-8,13-15,17,20H,9-12H2,1-4H3,(H,28,30). The summed E-state index contributed by atoms with van der Waals surface area (Å²) < 4.78 is 26.9. The molecule has 1 aromatic carbocycles. The molecule has 2 aromatic rings. The van der Waals surface area contributed by atoms with Crippen LogP contribution in [0.5, 0.6) is 0 Å². The lowest BCUT2D eigenvalue weighted by molar-refractivity contribution is -0.124. The molecule has 0 bridgehead atoms. The van der Waals surface area contributed by atoms with Gasteiger partial charge in [0.05, 0.1) is 11.9 Å². The van der Waals surface area contributed by atoms with Crippen LogP contribution in [0.4, 0.5) is 14.5 Å². The molecule has 162 valence electrons. The molecular formula is C23H30F2N4O. The van der Waals surface area contributed by atoms with Crippen molar-refractivity contribution < 1.29 is 13.6 Å².